The highest BCUT2D eigenvalue weighted by molar-refractivity contribution is 14.0. The van der Waals surface area contributed by atoms with Gasteiger partial charge in [0.15, 0.2) is 5.96 Å². The predicted octanol–water partition coefficient (Wildman–Crippen LogP) is 3.83. The van der Waals surface area contributed by atoms with E-state index < -0.39 is 6.10 Å². The number of nitrogens with zero attached hydrogens (tertiary/aromatic N) is 1. The molecule has 2 rings (SSSR count). The number of aliphatic hydroxyl groups excluding tert-OH is 1. The van der Waals surface area contributed by atoms with Gasteiger partial charge < -0.3 is 15.7 Å². The lowest BCUT2D eigenvalue weighted by Crippen LogP contribution is -2.39. The molecule has 0 aliphatic carbocycles. The Balaban J connectivity index is 0.00000338. The van der Waals surface area contributed by atoms with Gasteiger partial charge >= 0.3 is 0 Å². The minimum absolute atomic E-state index is 0. The number of aliphatic imine (C=N–C) groups is 1. The molecule has 0 bridgehead atoms. The van der Waals surface area contributed by atoms with Crippen LogP contribution >= 0.6 is 24.0 Å². The number of rotatable bonds is 7. The van der Waals surface area contributed by atoms with Crippen molar-refractivity contribution in [2.24, 2.45) is 4.99 Å². The molecule has 0 radical (unpaired) electrons. The van der Waals surface area contributed by atoms with E-state index in [1.54, 1.807) is 0 Å². The van der Waals surface area contributed by atoms with Gasteiger partial charge in [-0.15, -0.1) is 24.0 Å². The van der Waals surface area contributed by atoms with Crippen molar-refractivity contribution in [2.75, 3.05) is 13.1 Å². The van der Waals surface area contributed by atoms with Crippen molar-refractivity contribution in [1.29, 1.82) is 0 Å². The fourth-order valence-corrected chi connectivity index (χ4v) is 2.82. The maximum atomic E-state index is 10.3. The highest BCUT2D eigenvalue weighted by atomic mass is 127. The Labute approximate surface area is 174 Å². The molecule has 0 aromatic heterocycles. The molecule has 5 heteroatoms. The number of hydrogen-bond acceptors (Lipinski definition) is 2. The van der Waals surface area contributed by atoms with E-state index in [1.807, 2.05) is 49.4 Å². The van der Waals surface area contributed by atoms with Crippen LogP contribution in [0.1, 0.15) is 36.6 Å². The third kappa shape index (κ3) is 7.33. The summed E-state index contributed by atoms with van der Waals surface area (Å²) in [6.07, 6.45) is 0.114. The second-order valence-corrected chi connectivity index (χ2v) is 6.29. The number of guanidine groups is 1. The normalized spacial score (nSPS) is 13.5. The Bertz CT molecular complexity index is 676. The van der Waals surface area contributed by atoms with Gasteiger partial charge in [-0.1, -0.05) is 54.6 Å². The maximum absolute atomic E-state index is 10.3. The topological polar surface area (TPSA) is 56.7 Å². The molecule has 0 aliphatic heterocycles. The highest BCUT2D eigenvalue weighted by Crippen LogP contribution is 2.16. The van der Waals surface area contributed by atoms with Crippen LogP contribution < -0.4 is 10.6 Å². The van der Waals surface area contributed by atoms with E-state index in [0.717, 1.165) is 18.1 Å². The molecule has 0 spiro atoms. The van der Waals surface area contributed by atoms with E-state index in [0.29, 0.717) is 13.0 Å². The molecular weight excluding hydrogens is 437 g/mol. The highest BCUT2D eigenvalue weighted by Gasteiger charge is 2.11. The summed E-state index contributed by atoms with van der Waals surface area (Å²) in [5.41, 5.74) is 3.62. The molecule has 2 unspecified atom stereocenters. The van der Waals surface area contributed by atoms with Crippen molar-refractivity contribution in [3.05, 3.63) is 71.3 Å². The predicted molar refractivity (Wildman–Crippen MR) is 120 cm³/mol. The van der Waals surface area contributed by atoms with Crippen LogP contribution in [0.5, 0.6) is 0 Å². The van der Waals surface area contributed by atoms with Crippen LogP contribution in [-0.4, -0.2) is 30.3 Å². The molecule has 2 aromatic rings. The van der Waals surface area contributed by atoms with E-state index in [4.69, 9.17) is 0 Å². The van der Waals surface area contributed by atoms with Gasteiger partial charge in [0.25, 0.3) is 0 Å². The van der Waals surface area contributed by atoms with Gasteiger partial charge in [-0.25, -0.2) is 0 Å². The number of aliphatic hydroxyl groups is 1. The molecule has 3 N–H and O–H groups in total. The number of nitrogens with one attached hydrogen (secondary N) is 2. The molecule has 4 nitrogen and oxygen atoms in total. The molecule has 0 amide bonds. The lowest BCUT2D eigenvalue weighted by atomic mass is 10.0. The molecule has 0 aliphatic rings. The van der Waals surface area contributed by atoms with Gasteiger partial charge in [0.1, 0.15) is 0 Å². The van der Waals surface area contributed by atoms with Crippen LogP contribution in [0.15, 0.2) is 59.6 Å². The monoisotopic (exact) mass is 467 g/mol. The minimum Gasteiger partial charge on any atom is -0.391 e. The van der Waals surface area contributed by atoms with Gasteiger partial charge in [-0.2, -0.15) is 0 Å². The number of aryl methyl sites for hydroxylation is 1. The summed E-state index contributed by atoms with van der Waals surface area (Å²) in [6, 6.07) is 18.5. The first kappa shape index (κ1) is 22.4. The van der Waals surface area contributed by atoms with E-state index >= 15 is 0 Å². The Morgan fingerprint density at radius 2 is 1.73 bits per heavy atom. The van der Waals surface area contributed by atoms with E-state index in [1.165, 1.54) is 11.1 Å². The van der Waals surface area contributed by atoms with Crippen molar-refractivity contribution in [2.45, 2.75) is 39.3 Å². The average Bonchev–Trinajstić information content (AvgIpc) is 2.61. The van der Waals surface area contributed by atoms with Crippen molar-refractivity contribution in [1.82, 2.24) is 10.6 Å². The Hall–Kier alpha value is -1.60. The van der Waals surface area contributed by atoms with Gasteiger partial charge in [-0.3, -0.25) is 4.99 Å². The first-order chi connectivity index (χ1) is 12.1. The molecular formula is C21H30IN3O. The smallest absolute Gasteiger partial charge is 0.191 e. The van der Waals surface area contributed by atoms with Crippen LogP contribution in [0.4, 0.5) is 0 Å². The lowest BCUT2D eigenvalue weighted by molar-refractivity contribution is 0.183. The third-order valence-corrected chi connectivity index (χ3v) is 4.13. The molecule has 0 saturated carbocycles. The molecule has 26 heavy (non-hydrogen) atoms. The molecule has 0 saturated heterocycles. The quantitative estimate of drug-likeness (QED) is 0.330. The van der Waals surface area contributed by atoms with Crippen LogP contribution in [0, 0.1) is 6.92 Å². The summed E-state index contributed by atoms with van der Waals surface area (Å²) in [6.45, 7) is 7.42. The van der Waals surface area contributed by atoms with Crippen molar-refractivity contribution >= 4 is 29.9 Å². The summed E-state index contributed by atoms with van der Waals surface area (Å²) < 4.78 is 0. The second kappa shape index (κ2) is 11.9. The molecule has 2 aromatic carbocycles. The first-order valence-corrected chi connectivity index (χ1v) is 8.92. The molecule has 0 heterocycles. The third-order valence-electron chi connectivity index (χ3n) is 4.13. The molecule has 2 atom stereocenters. The Kier molecular flexibility index (Phi) is 10.3. The first-order valence-electron chi connectivity index (χ1n) is 8.92. The van der Waals surface area contributed by atoms with Crippen LogP contribution in [0.2, 0.25) is 0 Å². The van der Waals surface area contributed by atoms with Crippen LogP contribution in [0.3, 0.4) is 0 Å². The second-order valence-electron chi connectivity index (χ2n) is 6.29. The average molecular weight is 467 g/mol. The van der Waals surface area contributed by atoms with E-state index in [9.17, 15) is 5.11 Å². The van der Waals surface area contributed by atoms with Crippen LogP contribution in [-0.2, 0) is 6.42 Å². The molecule has 0 fully saturated rings. The zero-order valence-electron chi connectivity index (χ0n) is 15.8. The van der Waals surface area contributed by atoms with Gasteiger partial charge in [0.05, 0.1) is 18.7 Å². The van der Waals surface area contributed by atoms with Crippen molar-refractivity contribution in [3.8, 4) is 0 Å². The minimum atomic E-state index is -0.494. The molecule has 142 valence electrons. The number of halogens is 1. The lowest BCUT2D eigenvalue weighted by Gasteiger charge is -2.20. The summed E-state index contributed by atoms with van der Waals surface area (Å²) >= 11 is 0. The standard InChI is InChI=1S/C21H29N3O.HI/c1-4-22-21(24-17(3)20-13-9-8-10-16(20)2)23-15-19(25)14-18-11-6-5-7-12-18;/h5-13,17,19,25H,4,14-15H2,1-3H3,(H2,22,23,24);1H. The summed E-state index contributed by atoms with van der Waals surface area (Å²) in [5.74, 6) is 0.727. The van der Waals surface area contributed by atoms with Crippen molar-refractivity contribution in [3.63, 3.8) is 0 Å². The zero-order valence-corrected chi connectivity index (χ0v) is 18.1. The number of hydrogen-bond donors (Lipinski definition) is 3. The fraction of sp³-hybridized carbons (Fsp3) is 0.381. The number of benzene rings is 2. The largest absolute Gasteiger partial charge is 0.391 e. The Morgan fingerprint density at radius 1 is 1.08 bits per heavy atom. The zero-order chi connectivity index (χ0) is 18.1. The summed E-state index contributed by atoms with van der Waals surface area (Å²) in [4.78, 5) is 4.55. The van der Waals surface area contributed by atoms with E-state index in [2.05, 4.69) is 41.6 Å². The SMILES string of the molecule is CCNC(=NCC(O)Cc1ccccc1)NC(C)c1ccccc1C.I. The Morgan fingerprint density at radius 3 is 2.38 bits per heavy atom. The van der Waals surface area contributed by atoms with Gasteiger partial charge in [0.2, 0.25) is 0 Å². The van der Waals surface area contributed by atoms with Crippen LogP contribution in [0.25, 0.3) is 0 Å². The fourth-order valence-electron chi connectivity index (χ4n) is 2.82. The maximum Gasteiger partial charge on any atom is 0.191 e. The summed E-state index contributed by atoms with van der Waals surface area (Å²) in [5, 5.41) is 16.9. The van der Waals surface area contributed by atoms with E-state index in [-0.39, 0.29) is 30.0 Å². The summed E-state index contributed by atoms with van der Waals surface area (Å²) in [7, 11) is 0. The van der Waals surface area contributed by atoms with Gasteiger partial charge in [-0.05, 0) is 37.5 Å². The van der Waals surface area contributed by atoms with Crippen molar-refractivity contribution < 1.29 is 5.11 Å². The van der Waals surface area contributed by atoms with Gasteiger partial charge in [0, 0.05) is 13.0 Å².